The largest absolute Gasteiger partial charge is 0.325 e. The zero-order valence-electron chi connectivity index (χ0n) is 14.0. The fourth-order valence-electron chi connectivity index (χ4n) is 2.22. The van der Waals surface area contributed by atoms with Gasteiger partial charge in [-0.25, -0.2) is 0 Å². The van der Waals surface area contributed by atoms with Crippen molar-refractivity contribution >= 4 is 40.6 Å². The number of hydrogen-bond acceptors (Lipinski definition) is 7. The molecule has 0 aliphatic heterocycles. The summed E-state index contributed by atoms with van der Waals surface area (Å²) in [5.41, 5.74) is 0.705. The number of aromatic nitrogens is 4. The van der Waals surface area contributed by atoms with Crippen molar-refractivity contribution in [3.63, 3.8) is 0 Å². The molecular weight excluding hydrogens is 392 g/mol. The van der Waals surface area contributed by atoms with Gasteiger partial charge in [0.25, 0.3) is 5.69 Å². The van der Waals surface area contributed by atoms with Crippen molar-refractivity contribution in [2.45, 2.75) is 5.16 Å². The van der Waals surface area contributed by atoms with Gasteiger partial charge in [0, 0.05) is 25.0 Å². The number of pyridine rings is 1. The van der Waals surface area contributed by atoms with Crippen molar-refractivity contribution in [1.29, 1.82) is 0 Å². The number of halogens is 1. The van der Waals surface area contributed by atoms with Crippen LogP contribution in [-0.4, -0.2) is 36.3 Å². The molecule has 3 aromatic rings. The van der Waals surface area contributed by atoms with E-state index in [2.05, 4.69) is 20.5 Å². The second-order valence-electron chi connectivity index (χ2n) is 5.34. The van der Waals surface area contributed by atoms with E-state index in [1.165, 1.54) is 30.0 Å². The van der Waals surface area contributed by atoms with Crippen molar-refractivity contribution < 1.29 is 9.72 Å². The quantitative estimate of drug-likeness (QED) is 0.381. The van der Waals surface area contributed by atoms with E-state index < -0.39 is 4.92 Å². The molecule has 1 amide bonds. The van der Waals surface area contributed by atoms with Crippen molar-refractivity contribution in [1.82, 2.24) is 19.7 Å². The molecular formula is C16H13ClN6O3S. The fourth-order valence-corrected chi connectivity index (χ4v) is 3.11. The molecule has 0 bridgehead atoms. The molecule has 138 valence electrons. The summed E-state index contributed by atoms with van der Waals surface area (Å²) in [6.07, 6.45) is 1.66. The number of carbonyl (C=O) groups is 1. The molecule has 0 saturated carbocycles. The van der Waals surface area contributed by atoms with Crippen LogP contribution in [0.25, 0.3) is 11.5 Å². The Labute approximate surface area is 162 Å². The van der Waals surface area contributed by atoms with E-state index in [9.17, 15) is 14.9 Å². The molecule has 2 heterocycles. The van der Waals surface area contributed by atoms with E-state index in [1.807, 2.05) is 12.1 Å². The van der Waals surface area contributed by atoms with Crippen LogP contribution in [0.5, 0.6) is 0 Å². The van der Waals surface area contributed by atoms with Gasteiger partial charge in [0.1, 0.15) is 10.7 Å². The van der Waals surface area contributed by atoms with Crippen LogP contribution in [0.1, 0.15) is 0 Å². The van der Waals surface area contributed by atoms with E-state index in [0.29, 0.717) is 22.4 Å². The SMILES string of the molecule is Cn1c(SCC(=O)Nc2ccc(Cl)c([N+](=O)[O-])c2)nnc1-c1ccccn1. The summed E-state index contributed by atoms with van der Waals surface area (Å²) in [5.74, 6) is 0.316. The van der Waals surface area contributed by atoms with Crippen LogP contribution in [-0.2, 0) is 11.8 Å². The number of thioether (sulfide) groups is 1. The Hall–Kier alpha value is -2.98. The maximum Gasteiger partial charge on any atom is 0.289 e. The molecule has 0 atom stereocenters. The van der Waals surface area contributed by atoms with Crippen LogP contribution in [0, 0.1) is 10.1 Å². The third-order valence-electron chi connectivity index (χ3n) is 3.49. The second kappa shape index (κ2) is 8.14. The molecule has 0 spiro atoms. The Morgan fingerprint density at radius 2 is 2.15 bits per heavy atom. The Balaban J connectivity index is 1.64. The Morgan fingerprint density at radius 3 is 2.85 bits per heavy atom. The molecule has 3 rings (SSSR count). The first-order chi connectivity index (χ1) is 13.0. The average molecular weight is 405 g/mol. The van der Waals surface area contributed by atoms with Gasteiger partial charge < -0.3 is 9.88 Å². The molecule has 0 aliphatic carbocycles. The van der Waals surface area contributed by atoms with Gasteiger partial charge in [-0.2, -0.15) is 0 Å². The molecule has 1 aromatic carbocycles. The first-order valence-corrected chi connectivity index (χ1v) is 8.99. The Morgan fingerprint density at radius 1 is 1.33 bits per heavy atom. The number of amides is 1. The monoisotopic (exact) mass is 404 g/mol. The number of nitro groups is 1. The van der Waals surface area contributed by atoms with E-state index in [4.69, 9.17) is 11.6 Å². The average Bonchev–Trinajstić information content (AvgIpc) is 3.02. The number of hydrogen-bond donors (Lipinski definition) is 1. The van der Waals surface area contributed by atoms with Gasteiger partial charge in [-0.3, -0.25) is 19.9 Å². The number of nitrogens with one attached hydrogen (secondary N) is 1. The lowest BCUT2D eigenvalue weighted by atomic mass is 10.3. The minimum atomic E-state index is -0.606. The molecule has 0 saturated heterocycles. The lowest BCUT2D eigenvalue weighted by Gasteiger charge is -2.06. The zero-order valence-corrected chi connectivity index (χ0v) is 15.6. The highest BCUT2D eigenvalue weighted by molar-refractivity contribution is 7.99. The van der Waals surface area contributed by atoms with Crippen LogP contribution in [0.4, 0.5) is 11.4 Å². The molecule has 2 aromatic heterocycles. The van der Waals surface area contributed by atoms with Gasteiger partial charge >= 0.3 is 0 Å². The first kappa shape index (κ1) is 18.8. The summed E-state index contributed by atoms with van der Waals surface area (Å²) >= 11 is 6.95. The van der Waals surface area contributed by atoms with Gasteiger partial charge in [0.15, 0.2) is 11.0 Å². The Bertz CT molecular complexity index is 995. The minimum absolute atomic E-state index is 0.00788. The van der Waals surface area contributed by atoms with Crippen LogP contribution >= 0.6 is 23.4 Å². The number of benzene rings is 1. The van der Waals surface area contributed by atoms with Gasteiger partial charge in [-0.1, -0.05) is 29.4 Å². The Kier molecular flexibility index (Phi) is 5.67. The first-order valence-electron chi connectivity index (χ1n) is 7.63. The highest BCUT2D eigenvalue weighted by Gasteiger charge is 2.16. The predicted octanol–water partition coefficient (Wildman–Crippen LogP) is 3.17. The van der Waals surface area contributed by atoms with E-state index in [0.717, 1.165) is 0 Å². The molecule has 0 fully saturated rings. The third-order valence-corrected chi connectivity index (χ3v) is 4.83. The molecule has 11 heteroatoms. The summed E-state index contributed by atoms with van der Waals surface area (Å²) in [5, 5.41) is 22.2. The zero-order chi connectivity index (χ0) is 19.4. The lowest BCUT2D eigenvalue weighted by molar-refractivity contribution is -0.384. The van der Waals surface area contributed by atoms with Gasteiger partial charge in [-0.15, -0.1) is 10.2 Å². The van der Waals surface area contributed by atoms with Crippen molar-refractivity contribution in [2.75, 3.05) is 11.1 Å². The van der Waals surface area contributed by atoms with Crippen LogP contribution < -0.4 is 5.32 Å². The second-order valence-corrected chi connectivity index (χ2v) is 6.69. The topological polar surface area (TPSA) is 116 Å². The van der Waals surface area contributed by atoms with Crippen LogP contribution in [0.15, 0.2) is 47.8 Å². The van der Waals surface area contributed by atoms with E-state index in [-0.39, 0.29) is 22.4 Å². The summed E-state index contributed by atoms with van der Waals surface area (Å²) in [6, 6.07) is 9.55. The molecule has 0 aliphatic rings. The van der Waals surface area contributed by atoms with Crippen LogP contribution in [0.3, 0.4) is 0 Å². The van der Waals surface area contributed by atoms with E-state index in [1.54, 1.807) is 23.9 Å². The molecule has 0 unspecified atom stereocenters. The van der Waals surface area contributed by atoms with Gasteiger partial charge in [-0.05, 0) is 24.3 Å². The summed E-state index contributed by atoms with van der Waals surface area (Å²) < 4.78 is 1.74. The molecule has 9 nitrogen and oxygen atoms in total. The van der Waals surface area contributed by atoms with E-state index >= 15 is 0 Å². The highest BCUT2D eigenvalue weighted by atomic mass is 35.5. The van der Waals surface area contributed by atoms with Crippen molar-refractivity contribution in [3.8, 4) is 11.5 Å². The maximum absolute atomic E-state index is 12.1. The minimum Gasteiger partial charge on any atom is -0.325 e. The number of nitro benzene ring substituents is 1. The van der Waals surface area contributed by atoms with Gasteiger partial charge in [0.05, 0.1) is 10.7 Å². The number of nitrogens with zero attached hydrogens (tertiary/aromatic N) is 5. The normalized spacial score (nSPS) is 10.6. The number of rotatable bonds is 6. The third kappa shape index (κ3) is 4.41. The summed E-state index contributed by atoms with van der Waals surface area (Å²) in [7, 11) is 1.78. The van der Waals surface area contributed by atoms with Crippen molar-refractivity contribution in [3.05, 3.63) is 57.7 Å². The summed E-state index contributed by atoms with van der Waals surface area (Å²) in [6.45, 7) is 0. The maximum atomic E-state index is 12.1. The smallest absolute Gasteiger partial charge is 0.289 e. The number of anilines is 1. The highest BCUT2D eigenvalue weighted by Crippen LogP contribution is 2.27. The fraction of sp³-hybridized carbons (Fsp3) is 0.125. The van der Waals surface area contributed by atoms with Crippen molar-refractivity contribution in [2.24, 2.45) is 7.05 Å². The molecule has 27 heavy (non-hydrogen) atoms. The lowest BCUT2D eigenvalue weighted by Crippen LogP contribution is -2.14. The van der Waals surface area contributed by atoms with Crippen LogP contribution in [0.2, 0.25) is 5.02 Å². The van der Waals surface area contributed by atoms with Gasteiger partial charge in [0.2, 0.25) is 5.91 Å². The molecule has 1 N–H and O–H groups in total. The molecule has 0 radical (unpaired) electrons. The number of carbonyl (C=O) groups excluding carboxylic acids is 1. The standard InChI is InChI=1S/C16H13ClN6O3S/c1-22-15(12-4-2-3-7-18-12)20-21-16(22)27-9-14(24)19-10-5-6-11(17)13(8-10)23(25)26/h2-8H,9H2,1H3,(H,19,24). The predicted molar refractivity (Wildman–Crippen MR) is 102 cm³/mol. The summed E-state index contributed by atoms with van der Waals surface area (Å²) in [4.78, 5) is 26.7.